The SMILES string of the molecule is Cc1cccn2c(C)c(C(O)=C3C(=O)C(=O)N(c4nc5ccc(Cl)cc5s4)C3c3cccc(Cl)c3)nc12. The van der Waals surface area contributed by atoms with Crippen LogP contribution in [0.3, 0.4) is 0 Å². The van der Waals surface area contributed by atoms with Gasteiger partial charge in [-0.3, -0.25) is 14.5 Å². The van der Waals surface area contributed by atoms with Crippen molar-refractivity contribution in [2.75, 3.05) is 4.90 Å². The molecule has 0 aliphatic carbocycles. The van der Waals surface area contributed by atoms with Crippen LogP contribution in [-0.2, 0) is 9.59 Å². The molecule has 1 fully saturated rings. The van der Waals surface area contributed by atoms with Crippen molar-refractivity contribution in [2.24, 2.45) is 0 Å². The third-order valence-electron chi connectivity index (χ3n) is 6.46. The normalized spacial score (nSPS) is 17.4. The molecule has 2 aromatic carbocycles. The molecule has 0 radical (unpaired) electrons. The number of carbonyl (C=O) groups is 2. The number of hydrogen-bond acceptors (Lipinski definition) is 6. The number of nitrogens with zero attached hydrogens (tertiary/aromatic N) is 4. The minimum absolute atomic E-state index is 0.0753. The number of pyridine rings is 1. The van der Waals surface area contributed by atoms with Crippen molar-refractivity contribution < 1.29 is 14.7 Å². The number of imidazole rings is 1. The highest BCUT2D eigenvalue weighted by Crippen LogP contribution is 2.45. The van der Waals surface area contributed by atoms with E-state index in [1.807, 2.05) is 29.7 Å². The lowest BCUT2D eigenvalue weighted by atomic mass is 9.96. The first-order valence-corrected chi connectivity index (χ1v) is 12.9. The lowest BCUT2D eigenvalue weighted by Crippen LogP contribution is -2.29. The molecule has 1 aliphatic rings. The lowest BCUT2D eigenvalue weighted by Gasteiger charge is -2.23. The number of anilines is 1. The number of ketones is 1. The summed E-state index contributed by atoms with van der Waals surface area (Å²) in [4.78, 5) is 37.5. The molecule has 37 heavy (non-hydrogen) atoms. The summed E-state index contributed by atoms with van der Waals surface area (Å²) in [5, 5.41) is 12.8. The van der Waals surface area contributed by atoms with Gasteiger partial charge in [-0.2, -0.15) is 0 Å². The summed E-state index contributed by atoms with van der Waals surface area (Å²) in [6, 6.07) is 14.9. The number of benzene rings is 2. The molecule has 3 aromatic heterocycles. The quantitative estimate of drug-likeness (QED) is 0.158. The van der Waals surface area contributed by atoms with Crippen molar-refractivity contribution in [1.29, 1.82) is 0 Å². The second-order valence-electron chi connectivity index (χ2n) is 8.76. The van der Waals surface area contributed by atoms with Gasteiger partial charge in [0.05, 0.1) is 27.5 Å². The third-order valence-corrected chi connectivity index (χ3v) is 7.95. The molecule has 1 aliphatic heterocycles. The predicted octanol–water partition coefficient (Wildman–Crippen LogP) is 6.49. The number of aliphatic hydroxyl groups is 1. The molecule has 1 unspecified atom stereocenters. The molecular formula is C27H18Cl2N4O3S. The molecule has 10 heteroatoms. The molecule has 0 bridgehead atoms. The Labute approximate surface area is 225 Å². The molecule has 1 saturated heterocycles. The van der Waals surface area contributed by atoms with Crippen molar-refractivity contribution in [3.63, 3.8) is 0 Å². The zero-order valence-electron chi connectivity index (χ0n) is 19.6. The van der Waals surface area contributed by atoms with Crippen LogP contribution in [0.4, 0.5) is 5.13 Å². The van der Waals surface area contributed by atoms with Gasteiger partial charge in [-0.25, -0.2) is 9.97 Å². The first-order chi connectivity index (χ1) is 17.7. The number of aryl methyl sites for hydroxylation is 2. The molecule has 1 N–H and O–H groups in total. The highest BCUT2D eigenvalue weighted by atomic mass is 35.5. The van der Waals surface area contributed by atoms with Crippen molar-refractivity contribution in [3.8, 4) is 0 Å². The number of amides is 1. The molecule has 1 amide bonds. The van der Waals surface area contributed by atoms with E-state index in [0.29, 0.717) is 37.6 Å². The van der Waals surface area contributed by atoms with Gasteiger partial charge in [-0.05, 0) is 61.4 Å². The Morgan fingerprint density at radius 2 is 1.78 bits per heavy atom. The maximum atomic E-state index is 13.5. The fourth-order valence-electron chi connectivity index (χ4n) is 4.69. The van der Waals surface area contributed by atoms with Crippen LogP contribution in [0, 0.1) is 13.8 Å². The molecule has 7 nitrogen and oxygen atoms in total. The van der Waals surface area contributed by atoms with Gasteiger partial charge in [0.15, 0.2) is 10.9 Å². The number of hydrogen-bond donors (Lipinski definition) is 1. The van der Waals surface area contributed by atoms with Crippen LogP contribution in [0.5, 0.6) is 0 Å². The Balaban J connectivity index is 1.61. The smallest absolute Gasteiger partial charge is 0.301 e. The van der Waals surface area contributed by atoms with Gasteiger partial charge in [-0.1, -0.05) is 52.7 Å². The van der Waals surface area contributed by atoms with Gasteiger partial charge in [0.25, 0.3) is 5.78 Å². The van der Waals surface area contributed by atoms with Crippen LogP contribution in [0.2, 0.25) is 10.0 Å². The van der Waals surface area contributed by atoms with Gasteiger partial charge in [0, 0.05) is 16.2 Å². The zero-order chi connectivity index (χ0) is 26.0. The second kappa shape index (κ2) is 8.69. The maximum absolute atomic E-state index is 13.5. The Bertz CT molecular complexity index is 1810. The van der Waals surface area contributed by atoms with Gasteiger partial charge >= 0.3 is 5.91 Å². The fourth-order valence-corrected chi connectivity index (χ4v) is 6.15. The number of carbonyl (C=O) groups excluding carboxylic acids is 2. The second-order valence-corrected chi connectivity index (χ2v) is 10.6. The third kappa shape index (κ3) is 3.71. The first-order valence-electron chi connectivity index (χ1n) is 11.3. The van der Waals surface area contributed by atoms with Gasteiger partial charge in [0.1, 0.15) is 11.3 Å². The van der Waals surface area contributed by atoms with Crippen molar-refractivity contribution in [1.82, 2.24) is 14.4 Å². The average molecular weight is 549 g/mol. The van der Waals surface area contributed by atoms with E-state index >= 15 is 0 Å². The fraction of sp³-hybridized carbons (Fsp3) is 0.111. The lowest BCUT2D eigenvalue weighted by molar-refractivity contribution is -0.132. The number of fused-ring (bicyclic) bond motifs is 2. The van der Waals surface area contributed by atoms with E-state index in [0.717, 1.165) is 10.3 Å². The highest BCUT2D eigenvalue weighted by Gasteiger charge is 2.48. The summed E-state index contributed by atoms with van der Waals surface area (Å²) < 4.78 is 2.60. The van der Waals surface area contributed by atoms with Crippen LogP contribution < -0.4 is 4.90 Å². The molecule has 6 rings (SSSR count). The number of aliphatic hydroxyl groups excluding tert-OH is 1. The van der Waals surface area contributed by atoms with E-state index in [9.17, 15) is 14.7 Å². The zero-order valence-corrected chi connectivity index (χ0v) is 21.9. The molecule has 184 valence electrons. The summed E-state index contributed by atoms with van der Waals surface area (Å²) in [7, 11) is 0. The van der Waals surface area contributed by atoms with E-state index in [4.69, 9.17) is 23.2 Å². The van der Waals surface area contributed by atoms with Crippen LogP contribution in [0.15, 0.2) is 66.4 Å². The van der Waals surface area contributed by atoms with Crippen molar-refractivity contribution >= 4 is 73.0 Å². The number of Topliss-reactive ketones (excluding diaryl/α,β-unsaturated/α-hetero) is 1. The van der Waals surface area contributed by atoms with Crippen LogP contribution in [0.1, 0.15) is 28.6 Å². The Morgan fingerprint density at radius 3 is 2.54 bits per heavy atom. The topological polar surface area (TPSA) is 87.8 Å². The minimum atomic E-state index is -0.958. The maximum Gasteiger partial charge on any atom is 0.301 e. The summed E-state index contributed by atoms with van der Waals surface area (Å²) in [6.07, 6.45) is 1.83. The van der Waals surface area contributed by atoms with E-state index in [-0.39, 0.29) is 17.0 Å². The Hall–Kier alpha value is -3.72. The van der Waals surface area contributed by atoms with Crippen molar-refractivity contribution in [3.05, 3.63) is 98.9 Å². The number of thiazole rings is 1. The molecule has 0 saturated carbocycles. The van der Waals surface area contributed by atoms with E-state index in [1.165, 1.54) is 16.2 Å². The number of halogens is 2. The van der Waals surface area contributed by atoms with E-state index in [2.05, 4.69) is 9.97 Å². The summed E-state index contributed by atoms with van der Waals surface area (Å²) in [5.41, 5.74) is 3.56. The average Bonchev–Trinajstić information content (AvgIpc) is 3.51. The largest absolute Gasteiger partial charge is 0.505 e. The van der Waals surface area contributed by atoms with E-state index in [1.54, 1.807) is 49.4 Å². The minimum Gasteiger partial charge on any atom is -0.505 e. The predicted molar refractivity (Wildman–Crippen MR) is 146 cm³/mol. The Morgan fingerprint density at radius 1 is 1.00 bits per heavy atom. The van der Waals surface area contributed by atoms with Crippen LogP contribution >= 0.6 is 34.5 Å². The first kappa shape index (κ1) is 23.7. The molecular weight excluding hydrogens is 531 g/mol. The van der Waals surface area contributed by atoms with Crippen LogP contribution in [0.25, 0.3) is 21.6 Å². The van der Waals surface area contributed by atoms with Gasteiger partial charge in [-0.15, -0.1) is 0 Å². The molecule has 4 heterocycles. The monoisotopic (exact) mass is 548 g/mol. The number of aromatic nitrogens is 3. The summed E-state index contributed by atoms with van der Waals surface area (Å²) >= 11 is 13.7. The van der Waals surface area contributed by atoms with Gasteiger partial charge in [0.2, 0.25) is 0 Å². The summed E-state index contributed by atoms with van der Waals surface area (Å²) in [6.45, 7) is 3.71. The summed E-state index contributed by atoms with van der Waals surface area (Å²) in [5.74, 6) is -1.97. The number of rotatable bonds is 3. The molecule has 5 aromatic rings. The van der Waals surface area contributed by atoms with E-state index < -0.39 is 17.7 Å². The molecule has 1 atom stereocenters. The van der Waals surface area contributed by atoms with Gasteiger partial charge < -0.3 is 9.51 Å². The standard InChI is InChI=1S/C27H18Cl2N4O3S/c1-13-5-4-10-32-14(2)21(31-25(13)32)23(34)20-22(15-6-3-7-16(28)11-15)33(26(36)24(20)35)27-30-18-9-8-17(29)12-19(18)37-27/h3-12,22,34H,1-2H3. The van der Waals surface area contributed by atoms with Crippen LogP contribution in [-0.4, -0.2) is 31.2 Å². The molecule has 0 spiro atoms. The highest BCUT2D eigenvalue weighted by molar-refractivity contribution is 7.22. The Kier molecular flexibility index (Phi) is 5.56. The van der Waals surface area contributed by atoms with Crippen molar-refractivity contribution in [2.45, 2.75) is 19.9 Å².